The summed E-state index contributed by atoms with van der Waals surface area (Å²) in [6.45, 7) is 1.16. The quantitative estimate of drug-likeness (QED) is 0.163. The molecule has 152 valence electrons. The van der Waals surface area contributed by atoms with Crippen LogP contribution in [0, 0.1) is 10.1 Å². The van der Waals surface area contributed by atoms with Crippen LogP contribution >= 0.6 is 11.8 Å². The number of thioether (sulfide) groups is 1. The Labute approximate surface area is 166 Å². The molecular formula is C19H32N4O3S. The van der Waals surface area contributed by atoms with Crippen molar-refractivity contribution in [3.63, 3.8) is 0 Å². The van der Waals surface area contributed by atoms with E-state index in [1.165, 1.54) is 25.7 Å². The number of amidine groups is 1. The predicted octanol–water partition coefficient (Wildman–Crippen LogP) is 3.56. The summed E-state index contributed by atoms with van der Waals surface area (Å²) in [6, 6.07) is 4.36. The number of nitro groups is 1. The van der Waals surface area contributed by atoms with Gasteiger partial charge in [-0.2, -0.15) is 11.8 Å². The van der Waals surface area contributed by atoms with E-state index in [1.807, 2.05) is 26.2 Å². The van der Waals surface area contributed by atoms with Gasteiger partial charge in [0.05, 0.1) is 18.8 Å². The topological polar surface area (TPSA) is 83.9 Å². The van der Waals surface area contributed by atoms with Gasteiger partial charge in [0.1, 0.15) is 11.5 Å². The lowest BCUT2D eigenvalue weighted by Crippen LogP contribution is -2.38. The van der Waals surface area contributed by atoms with Gasteiger partial charge in [0, 0.05) is 16.7 Å². The van der Waals surface area contributed by atoms with E-state index in [0.717, 1.165) is 42.4 Å². The standard InChI is InChI=1S/C19H32N4O3S/c1-22(2)13-17-9-10-18(26-17)15-27-12-11-20-19(14-23(24)25)21-16-7-5-3-4-6-8-16/h9-10,16H,3-8,11-15H2,1-2H3,(H,20,21). The average Bonchev–Trinajstić information content (AvgIpc) is 2.87. The third-order valence-corrected chi connectivity index (χ3v) is 5.44. The summed E-state index contributed by atoms with van der Waals surface area (Å²) >= 11 is 1.74. The predicted molar refractivity (Wildman–Crippen MR) is 111 cm³/mol. The molecule has 2 rings (SSSR count). The van der Waals surface area contributed by atoms with E-state index in [0.29, 0.717) is 18.4 Å². The minimum absolute atomic E-state index is 0.215. The molecule has 1 fully saturated rings. The van der Waals surface area contributed by atoms with Crippen LogP contribution in [0.2, 0.25) is 0 Å². The van der Waals surface area contributed by atoms with E-state index < -0.39 is 0 Å². The van der Waals surface area contributed by atoms with Crippen molar-refractivity contribution in [2.45, 2.75) is 56.9 Å². The highest BCUT2D eigenvalue weighted by molar-refractivity contribution is 7.98. The van der Waals surface area contributed by atoms with Gasteiger partial charge in [0.2, 0.25) is 0 Å². The summed E-state index contributed by atoms with van der Waals surface area (Å²) in [5, 5.41) is 14.3. The van der Waals surface area contributed by atoms with Crippen molar-refractivity contribution < 1.29 is 9.34 Å². The Kier molecular flexibility index (Phi) is 9.69. The Morgan fingerprint density at radius 1 is 1.30 bits per heavy atom. The van der Waals surface area contributed by atoms with Gasteiger partial charge in [0.15, 0.2) is 5.84 Å². The van der Waals surface area contributed by atoms with Gasteiger partial charge in [-0.1, -0.05) is 25.7 Å². The summed E-state index contributed by atoms with van der Waals surface area (Å²) in [5.74, 6) is 4.07. The lowest BCUT2D eigenvalue weighted by molar-refractivity contribution is -0.463. The molecule has 1 heterocycles. The lowest BCUT2D eigenvalue weighted by atomic mass is 10.1. The van der Waals surface area contributed by atoms with Crippen molar-refractivity contribution in [3.8, 4) is 0 Å². The number of nitrogens with one attached hydrogen (secondary N) is 1. The molecule has 0 unspecified atom stereocenters. The molecule has 1 aromatic heterocycles. The van der Waals surface area contributed by atoms with Crippen LogP contribution in [0.5, 0.6) is 0 Å². The minimum atomic E-state index is -0.301. The Morgan fingerprint density at radius 3 is 2.67 bits per heavy atom. The molecule has 27 heavy (non-hydrogen) atoms. The summed E-state index contributed by atoms with van der Waals surface area (Å²) in [6.07, 6.45) is 7.08. The van der Waals surface area contributed by atoms with Gasteiger partial charge in [-0.3, -0.25) is 15.1 Å². The van der Waals surface area contributed by atoms with Crippen molar-refractivity contribution in [1.29, 1.82) is 0 Å². The molecule has 0 radical (unpaired) electrons. The molecule has 1 N–H and O–H groups in total. The molecule has 1 aromatic rings. The number of hydrogen-bond acceptors (Lipinski definition) is 6. The molecule has 0 saturated heterocycles. The van der Waals surface area contributed by atoms with Crippen molar-refractivity contribution in [2.75, 3.05) is 32.9 Å². The summed E-state index contributed by atoms with van der Waals surface area (Å²) in [7, 11) is 4.03. The maximum absolute atomic E-state index is 10.9. The van der Waals surface area contributed by atoms with Crippen LogP contribution in [-0.4, -0.2) is 54.6 Å². The molecule has 0 aromatic carbocycles. The number of aliphatic imine (C=N–C) groups is 1. The highest BCUT2D eigenvalue weighted by Crippen LogP contribution is 2.18. The fraction of sp³-hybridized carbons (Fsp3) is 0.737. The Hall–Kier alpha value is -1.54. The monoisotopic (exact) mass is 396 g/mol. The van der Waals surface area contributed by atoms with E-state index in [9.17, 15) is 10.1 Å². The van der Waals surface area contributed by atoms with Crippen LogP contribution in [0.1, 0.15) is 50.0 Å². The van der Waals surface area contributed by atoms with Crippen molar-refractivity contribution in [2.24, 2.45) is 4.99 Å². The lowest BCUT2D eigenvalue weighted by Gasteiger charge is -2.17. The SMILES string of the molecule is CN(C)Cc1ccc(CSCCN=C(C[N+](=O)[O-])NC2CCCCCC2)o1. The van der Waals surface area contributed by atoms with Crippen LogP contribution in [-0.2, 0) is 12.3 Å². The molecule has 7 nitrogen and oxygen atoms in total. The van der Waals surface area contributed by atoms with Gasteiger partial charge < -0.3 is 14.6 Å². The van der Waals surface area contributed by atoms with Gasteiger partial charge >= 0.3 is 0 Å². The Balaban J connectivity index is 1.74. The van der Waals surface area contributed by atoms with E-state index in [4.69, 9.17) is 4.42 Å². The molecule has 1 aliphatic carbocycles. The first kappa shape index (κ1) is 21.8. The molecule has 0 bridgehead atoms. The van der Waals surface area contributed by atoms with Gasteiger partial charge in [-0.15, -0.1) is 0 Å². The fourth-order valence-corrected chi connectivity index (χ4v) is 3.96. The highest BCUT2D eigenvalue weighted by atomic mass is 32.2. The first-order chi connectivity index (χ1) is 13.0. The molecule has 0 amide bonds. The summed E-state index contributed by atoms with van der Waals surface area (Å²) < 4.78 is 5.79. The van der Waals surface area contributed by atoms with Crippen LogP contribution in [0.25, 0.3) is 0 Å². The Morgan fingerprint density at radius 2 is 2.00 bits per heavy atom. The normalized spacial score (nSPS) is 16.5. The molecule has 0 spiro atoms. The molecular weight excluding hydrogens is 364 g/mol. The third kappa shape index (κ3) is 9.28. The van der Waals surface area contributed by atoms with Crippen LogP contribution in [0.3, 0.4) is 0 Å². The van der Waals surface area contributed by atoms with Crippen LogP contribution < -0.4 is 5.32 Å². The van der Waals surface area contributed by atoms with Crippen LogP contribution in [0.4, 0.5) is 0 Å². The minimum Gasteiger partial charge on any atom is -0.464 e. The zero-order chi connectivity index (χ0) is 19.5. The second-order valence-corrected chi connectivity index (χ2v) is 8.42. The molecule has 8 heteroatoms. The first-order valence-corrected chi connectivity index (χ1v) is 10.9. The number of rotatable bonds is 10. The van der Waals surface area contributed by atoms with Gasteiger partial charge in [-0.05, 0) is 39.1 Å². The second kappa shape index (κ2) is 12.0. The molecule has 1 saturated carbocycles. The summed E-state index contributed by atoms with van der Waals surface area (Å²) in [5.41, 5.74) is 0. The third-order valence-electron chi connectivity index (χ3n) is 4.48. The van der Waals surface area contributed by atoms with Crippen molar-refractivity contribution in [3.05, 3.63) is 33.8 Å². The number of hydrogen-bond donors (Lipinski definition) is 1. The number of furan rings is 1. The average molecular weight is 397 g/mol. The molecule has 0 aliphatic heterocycles. The summed E-state index contributed by atoms with van der Waals surface area (Å²) in [4.78, 5) is 17.2. The van der Waals surface area contributed by atoms with Gasteiger partial charge in [-0.25, -0.2) is 0 Å². The highest BCUT2D eigenvalue weighted by Gasteiger charge is 2.16. The van der Waals surface area contributed by atoms with E-state index in [2.05, 4.69) is 15.2 Å². The fourth-order valence-electron chi connectivity index (χ4n) is 3.24. The van der Waals surface area contributed by atoms with E-state index in [-0.39, 0.29) is 11.5 Å². The van der Waals surface area contributed by atoms with Crippen molar-refractivity contribution >= 4 is 17.6 Å². The zero-order valence-electron chi connectivity index (χ0n) is 16.5. The smallest absolute Gasteiger partial charge is 0.259 e. The maximum atomic E-state index is 10.9. The zero-order valence-corrected chi connectivity index (χ0v) is 17.3. The largest absolute Gasteiger partial charge is 0.464 e. The van der Waals surface area contributed by atoms with Gasteiger partial charge in [0.25, 0.3) is 6.54 Å². The Bertz CT molecular complexity index is 596. The van der Waals surface area contributed by atoms with Crippen molar-refractivity contribution in [1.82, 2.24) is 10.2 Å². The number of nitrogens with zero attached hydrogens (tertiary/aromatic N) is 3. The maximum Gasteiger partial charge on any atom is 0.259 e. The van der Waals surface area contributed by atoms with Crippen LogP contribution in [0.15, 0.2) is 21.5 Å². The second-order valence-electron chi connectivity index (χ2n) is 7.31. The molecule has 1 aliphatic rings. The van der Waals surface area contributed by atoms with E-state index >= 15 is 0 Å². The first-order valence-electron chi connectivity index (χ1n) is 9.74. The molecule has 0 atom stereocenters. The van der Waals surface area contributed by atoms with E-state index in [1.54, 1.807) is 11.8 Å².